The summed E-state index contributed by atoms with van der Waals surface area (Å²) in [6.07, 6.45) is 0. The van der Waals surface area contributed by atoms with Crippen LogP contribution in [0.25, 0.3) is 0 Å². The topological polar surface area (TPSA) is 72.2 Å². The van der Waals surface area contributed by atoms with Gasteiger partial charge in [0, 0.05) is 5.38 Å². The maximum atomic E-state index is 11.8. The van der Waals surface area contributed by atoms with Crippen LogP contribution in [-0.2, 0) is 14.5 Å². The zero-order valence-electron chi connectivity index (χ0n) is 7.16. The molecule has 0 aromatic carbocycles. The summed E-state index contributed by atoms with van der Waals surface area (Å²) in [4.78, 5) is 11.3. The molecule has 1 rings (SSSR count). The lowest BCUT2D eigenvalue weighted by Crippen LogP contribution is -2.35. The highest BCUT2D eigenvalue weighted by molar-refractivity contribution is 7.99. The average Bonchev–Trinajstić information content (AvgIpc) is 2.51. The Morgan fingerprint density at radius 3 is 2.86 bits per heavy atom. The monoisotopic (exact) mass is 252 g/mol. The van der Waals surface area contributed by atoms with Crippen molar-refractivity contribution >= 4 is 44.4 Å². The predicted octanol–water partition coefficient (Wildman–Crippen LogP) is 0.467. The van der Waals surface area contributed by atoms with Crippen molar-refractivity contribution in [2.75, 3.05) is 6.54 Å². The highest BCUT2D eigenvalue weighted by Gasteiger charge is 2.12. The maximum Gasteiger partial charge on any atom is 0.245 e. The van der Waals surface area contributed by atoms with Crippen LogP contribution >= 0.6 is 22.9 Å². The van der Waals surface area contributed by atoms with E-state index in [2.05, 4.69) is 10.6 Å². The van der Waals surface area contributed by atoms with Crippen molar-refractivity contribution in [3.8, 4) is 0 Å². The third-order valence-electron chi connectivity index (χ3n) is 1.39. The predicted molar refractivity (Wildman–Crippen MR) is 60.1 cm³/mol. The average molecular weight is 253 g/mol. The molecule has 0 saturated heterocycles. The molecule has 0 radical (unpaired) electrons. The molecule has 0 aliphatic heterocycles. The quantitative estimate of drug-likeness (QED) is 0.768. The summed E-state index contributed by atoms with van der Waals surface area (Å²) in [6, 6.07) is 1.51. The van der Waals surface area contributed by atoms with E-state index in [1.807, 2.05) is 0 Å². The molecule has 14 heavy (non-hydrogen) atoms. The Kier molecular flexibility index (Phi) is 3.54. The molecule has 1 atom stereocenters. The summed E-state index contributed by atoms with van der Waals surface area (Å²) in [7, 11) is -2.80. The van der Waals surface area contributed by atoms with Crippen LogP contribution in [0.3, 0.4) is 0 Å². The largest absolute Gasteiger partial charge is 0.322 e. The molecular weight excluding hydrogens is 244 g/mol. The summed E-state index contributed by atoms with van der Waals surface area (Å²) in [5.74, 6) is 2.92. The zero-order chi connectivity index (χ0) is 10.8. The van der Waals surface area contributed by atoms with Gasteiger partial charge in [-0.2, -0.15) is 0 Å². The second-order valence-corrected chi connectivity index (χ2v) is 6.06. The van der Waals surface area contributed by atoms with Gasteiger partial charge in [0.15, 0.2) is 0 Å². The van der Waals surface area contributed by atoms with E-state index in [0.29, 0.717) is 9.23 Å². The Labute approximate surface area is 91.2 Å². The van der Waals surface area contributed by atoms with E-state index in [4.69, 9.17) is 17.3 Å². The van der Waals surface area contributed by atoms with Gasteiger partial charge in [-0.15, -0.1) is 11.3 Å². The molecule has 1 aromatic heterocycles. The van der Waals surface area contributed by atoms with Crippen LogP contribution < -0.4 is 10.5 Å². The highest BCUT2D eigenvalue weighted by atomic mass is 35.5. The standard InChI is InChI=1S/C7H9ClN2O2S2/c1-14(12,10-7(11)3-9)5-2-6(8)13-4-5/h2,4H,1,3,9H2,(H,10,11,12). The van der Waals surface area contributed by atoms with Crippen LogP contribution in [-0.4, -0.2) is 22.5 Å². The van der Waals surface area contributed by atoms with Crippen molar-refractivity contribution in [1.82, 2.24) is 4.72 Å². The Hall–Kier alpha value is -0.560. The number of halogens is 1. The number of thiophene rings is 1. The minimum atomic E-state index is -2.80. The van der Waals surface area contributed by atoms with Gasteiger partial charge in [0.05, 0.1) is 25.5 Å². The molecule has 7 heteroatoms. The first-order valence-electron chi connectivity index (χ1n) is 3.57. The summed E-state index contributed by atoms with van der Waals surface area (Å²) in [6.45, 7) is -0.218. The van der Waals surface area contributed by atoms with Gasteiger partial charge in [-0.3, -0.25) is 9.52 Å². The Balaban J connectivity index is 2.92. The van der Waals surface area contributed by atoms with Gasteiger partial charge in [-0.1, -0.05) is 11.6 Å². The van der Waals surface area contributed by atoms with Gasteiger partial charge in [0.1, 0.15) is 0 Å². The van der Waals surface area contributed by atoms with Crippen molar-refractivity contribution in [3.63, 3.8) is 0 Å². The summed E-state index contributed by atoms with van der Waals surface area (Å²) in [5, 5.41) is 1.59. The number of rotatable bonds is 3. The number of nitrogens with two attached hydrogens (primary N) is 1. The van der Waals surface area contributed by atoms with Crippen LogP contribution in [0.4, 0.5) is 0 Å². The molecule has 0 aliphatic rings. The number of hydrogen-bond acceptors (Lipinski definition) is 4. The lowest BCUT2D eigenvalue weighted by atomic mass is 10.7. The smallest absolute Gasteiger partial charge is 0.245 e. The lowest BCUT2D eigenvalue weighted by molar-refractivity contribution is -0.117. The van der Waals surface area contributed by atoms with E-state index < -0.39 is 15.6 Å². The molecule has 1 amide bonds. The van der Waals surface area contributed by atoms with Crippen molar-refractivity contribution < 1.29 is 9.00 Å². The molecule has 3 N–H and O–H groups in total. The Morgan fingerprint density at radius 1 is 1.79 bits per heavy atom. The first kappa shape index (κ1) is 11.5. The van der Waals surface area contributed by atoms with Crippen LogP contribution in [0.5, 0.6) is 0 Å². The minimum absolute atomic E-state index is 0.218. The van der Waals surface area contributed by atoms with Crippen LogP contribution in [0, 0.1) is 0 Å². The second kappa shape index (κ2) is 4.31. The van der Waals surface area contributed by atoms with E-state index in [1.165, 1.54) is 17.4 Å². The summed E-state index contributed by atoms with van der Waals surface area (Å²) >= 11 is 6.89. The number of carbonyl (C=O) groups is 1. The highest BCUT2D eigenvalue weighted by Crippen LogP contribution is 2.23. The molecule has 1 aromatic rings. The Bertz CT molecular complexity index is 438. The van der Waals surface area contributed by atoms with Crippen LogP contribution in [0.2, 0.25) is 4.34 Å². The van der Waals surface area contributed by atoms with Gasteiger partial charge in [-0.05, 0) is 11.9 Å². The van der Waals surface area contributed by atoms with Gasteiger partial charge in [0.2, 0.25) is 5.91 Å². The van der Waals surface area contributed by atoms with E-state index in [-0.39, 0.29) is 6.54 Å². The van der Waals surface area contributed by atoms with E-state index in [1.54, 1.807) is 5.38 Å². The molecule has 1 heterocycles. The van der Waals surface area contributed by atoms with Crippen LogP contribution in [0.1, 0.15) is 0 Å². The Morgan fingerprint density at radius 2 is 2.43 bits per heavy atom. The molecular formula is C7H9ClN2O2S2. The molecule has 4 nitrogen and oxygen atoms in total. The maximum absolute atomic E-state index is 11.8. The molecule has 0 bridgehead atoms. The van der Waals surface area contributed by atoms with Gasteiger partial charge in [0.25, 0.3) is 0 Å². The van der Waals surface area contributed by atoms with Crippen molar-refractivity contribution in [3.05, 3.63) is 15.8 Å². The van der Waals surface area contributed by atoms with Crippen molar-refractivity contribution in [1.29, 1.82) is 0 Å². The fraction of sp³-hybridized carbons (Fsp3) is 0.143. The molecule has 78 valence electrons. The first-order valence-corrected chi connectivity index (χ1v) is 6.56. The van der Waals surface area contributed by atoms with E-state index in [9.17, 15) is 9.00 Å². The number of nitrogens with one attached hydrogen (secondary N) is 1. The number of hydrogen-bond donors (Lipinski definition) is 2. The molecule has 1 unspecified atom stereocenters. The SMILES string of the molecule is C=S(=O)(NC(=O)CN)c1csc(Cl)c1. The fourth-order valence-corrected chi connectivity index (χ4v) is 3.28. The summed E-state index contributed by atoms with van der Waals surface area (Å²) in [5.41, 5.74) is 5.07. The van der Waals surface area contributed by atoms with Gasteiger partial charge >= 0.3 is 0 Å². The number of amides is 1. The molecule has 0 spiro atoms. The number of carbonyl (C=O) groups excluding carboxylic acids is 1. The molecule has 0 saturated carbocycles. The normalized spacial score (nSPS) is 14.7. The fourth-order valence-electron chi connectivity index (χ4n) is 0.752. The van der Waals surface area contributed by atoms with Crippen LogP contribution in [0.15, 0.2) is 16.3 Å². The minimum Gasteiger partial charge on any atom is -0.322 e. The first-order chi connectivity index (χ1) is 6.45. The van der Waals surface area contributed by atoms with E-state index in [0.717, 1.165) is 0 Å². The summed E-state index contributed by atoms with van der Waals surface area (Å²) < 4.78 is 14.6. The third-order valence-corrected chi connectivity index (χ3v) is 4.18. The zero-order valence-corrected chi connectivity index (χ0v) is 9.55. The van der Waals surface area contributed by atoms with E-state index >= 15 is 0 Å². The van der Waals surface area contributed by atoms with Crippen molar-refractivity contribution in [2.45, 2.75) is 4.90 Å². The van der Waals surface area contributed by atoms with Gasteiger partial charge in [-0.25, -0.2) is 4.21 Å². The molecule has 0 aliphatic carbocycles. The van der Waals surface area contributed by atoms with Crippen molar-refractivity contribution in [2.24, 2.45) is 5.73 Å². The molecule has 0 fully saturated rings. The lowest BCUT2D eigenvalue weighted by Gasteiger charge is -2.07. The second-order valence-electron chi connectivity index (χ2n) is 2.49. The third kappa shape index (κ3) is 2.71. The van der Waals surface area contributed by atoms with Gasteiger partial charge < -0.3 is 5.73 Å².